The van der Waals surface area contributed by atoms with Crippen LogP contribution in [-0.4, -0.2) is 11.5 Å². The summed E-state index contributed by atoms with van der Waals surface area (Å²) in [7, 11) is 0. The van der Waals surface area contributed by atoms with Crippen molar-refractivity contribution in [3.05, 3.63) is 11.6 Å². The van der Waals surface area contributed by atoms with Crippen molar-refractivity contribution in [2.45, 2.75) is 20.3 Å². The van der Waals surface area contributed by atoms with Gasteiger partial charge >= 0.3 is 0 Å². The maximum absolute atomic E-state index is 8.62. The summed E-state index contributed by atoms with van der Waals surface area (Å²) in [4.78, 5) is 3.89. The number of nitrogens with one attached hydrogen (secondary N) is 1. The van der Waals surface area contributed by atoms with Gasteiger partial charge in [0.1, 0.15) is 6.07 Å². The molecule has 1 N–H and O–H groups in total. The molecule has 1 rings (SSSR count). The second kappa shape index (κ2) is 3.77. The van der Waals surface area contributed by atoms with Gasteiger partial charge in [-0.05, 0) is 6.42 Å². The number of hydrogen-bond donors (Lipinski definition) is 1. The summed E-state index contributed by atoms with van der Waals surface area (Å²) in [6, 6.07) is 1.96. The standard InChI is InChI=1S/C8H11N3O/c1-3-4-10-8-7(5-9)11-6(2)12-8/h10H,3-4H2,1-2H3. The fourth-order valence-corrected chi connectivity index (χ4v) is 0.861. The van der Waals surface area contributed by atoms with Crippen LogP contribution in [-0.2, 0) is 0 Å². The third-order valence-corrected chi connectivity index (χ3v) is 1.38. The minimum Gasteiger partial charge on any atom is -0.424 e. The van der Waals surface area contributed by atoms with Gasteiger partial charge in [0.15, 0.2) is 5.89 Å². The summed E-state index contributed by atoms with van der Waals surface area (Å²) in [6.07, 6.45) is 0.991. The third-order valence-electron chi connectivity index (χ3n) is 1.38. The summed E-state index contributed by atoms with van der Waals surface area (Å²) < 4.78 is 5.16. The van der Waals surface area contributed by atoms with Crippen LogP contribution in [0.4, 0.5) is 5.88 Å². The topological polar surface area (TPSA) is 61.9 Å². The molecule has 0 spiro atoms. The number of nitriles is 1. The Hall–Kier alpha value is -1.50. The number of oxazole rings is 1. The maximum atomic E-state index is 8.62. The second-order valence-corrected chi connectivity index (χ2v) is 2.45. The van der Waals surface area contributed by atoms with Gasteiger partial charge in [0.05, 0.1) is 0 Å². The Morgan fingerprint density at radius 3 is 3.00 bits per heavy atom. The van der Waals surface area contributed by atoms with Gasteiger partial charge in [-0.3, -0.25) is 0 Å². The average Bonchev–Trinajstić information content (AvgIpc) is 2.42. The molecule has 0 atom stereocenters. The fourth-order valence-electron chi connectivity index (χ4n) is 0.861. The quantitative estimate of drug-likeness (QED) is 0.740. The van der Waals surface area contributed by atoms with E-state index in [1.54, 1.807) is 6.92 Å². The molecule has 4 heteroatoms. The molecule has 0 saturated carbocycles. The molecule has 4 nitrogen and oxygen atoms in total. The summed E-state index contributed by atoms with van der Waals surface area (Å²) in [5.41, 5.74) is 0.334. The van der Waals surface area contributed by atoms with Crippen LogP contribution in [0.25, 0.3) is 0 Å². The highest BCUT2D eigenvalue weighted by atomic mass is 16.4. The monoisotopic (exact) mass is 165 g/mol. The number of aromatic nitrogens is 1. The second-order valence-electron chi connectivity index (χ2n) is 2.45. The molecule has 0 fully saturated rings. The van der Waals surface area contributed by atoms with Gasteiger partial charge in [0.25, 0.3) is 0 Å². The Bertz CT molecular complexity index is 298. The molecule has 0 aliphatic heterocycles. The van der Waals surface area contributed by atoms with E-state index < -0.39 is 0 Å². The Labute approximate surface area is 71.2 Å². The Balaban J connectivity index is 2.77. The molecule has 0 radical (unpaired) electrons. The lowest BCUT2D eigenvalue weighted by Gasteiger charge is -1.97. The van der Waals surface area contributed by atoms with Crippen LogP contribution in [0.5, 0.6) is 0 Å². The van der Waals surface area contributed by atoms with Gasteiger partial charge in [0, 0.05) is 13.5 Å². The molecule has 64 valence electrons. The summed E-state index contributed by atoms with van der Waals surface area (Å²) in [5, 5.41) is 11.6. The molecule has 12 heavy (non-hydrogen) atoms. The molecule has 0 amide bonds. The van der Waals surface area contributed by atoms with Crippen molar-refractivity contribution in [3.63, 3.8) is 0 Å². The molecular formula is C8H11N3O. The van der Waals surface area contributed by atoms with Crippen LogP contribution in [0.3, 0.4) is 0 Å². The SMILES string of the molecule is CCCNc1oc(C)nc1C#N. The largest absolute Gasteiger partial charge is 0.424 e. The van der Waals surface area contributed by atoms with E-state index in [2.05, 4.69) is 10.3 Å². The molecule has 0 bridgehead atoms. The zero-order valence-corrected chi connectivity index (χ0v) is 7.22. The van der Waals surface area contributed by atoms with E-state index in [1.165, 1.54) is 0 Å². The zero-order chi connectivity index (χ0) is 8.97. The van der Waals surface area contributed by atoms with E-state index in [4.69, 9.17) is 9.68 Å². The van der Waals surface area contributed by atoms with Crippen molar-refractivity contribution >= 4 is 5.88 Å². The molecule has 0 saturated heterocycles. The molecule has 1 heterocycles. The van der Waals surface area contributed by atoms with Crippen molar-refractivity contribution < 1.29 is 4.42 Å². The highest BCUT2D eigenvalue weighted by molar-refractivity contribution is 5.44. The minimum absolute atomic E-state index is 0.334. The van der Waals surface area contributed by atoms with Gasteiger partial charge in [-0.25, -0.2) is 4.98 Å². The highest BCUT2D eigenvalue weighted by Crippen LogP contribution is 2.14. The van der Waals surface area contributed by atoms with Gasteiger partial charge in [-0.15, -0.1) is 0 Å². The smallest absolute Gasteiger partial charge is 0.232 e. The molecule has 1 aromatic rings. The number of rotatable bonds is 3. The lowest BCUT2D eigenvalue weighted by atomic mass is 10.4. The van der Waals surface area contributed by atoms with E-state index in [1.807, 2.05) is 13.0 Å². The van der Waals surface area contributed by atoms with Crippen LogP contribution in [0.15, 0.2) is 4.42 Å². The zero-order valence-electron chi connectivity index (χ0n) is 7.22. The average molecular weight is 165 g/mol. The predicted octanol–water partition coefficient (Wildman–Crippen LogP) is 1.68. The first-order valence-electron chi connectivity index (χ1n) is 3.89. The first-order chi connectivity index (χ1) is 5.77. The Morgan fingerprint density at radius 1 is 1.67 bits per heavy atom. The van der Waals surface area contributed by atoms with Crippen molar-refractivity contribution in [2.24, 2.45) is 0 Å². The van der Waals surface area contributed by atoms with Gasteiger partial charge in [0.2, 0.25) is 11.6 Å². The molecule has 0 unspecified atom stereocenters. The van der Waals surface area contributed by atoms with E-state index in [-0.39, 0.29) is 0 Å². The van der Waals surface area contributed by atoms with E-state index in [0.29, 0.717) is 17.5 Å². The van der Waals surface area contributed by atoms with Crippen LogP contribution in [0.2, 0.25) is 0 Å². The van der Waals surface area contributed by atoms with Crippen molar-refractivity contribution in [1.82, 2.24) is 4.98 Å². The number of anilines is 1. The van der Waals surface area contributed by atoms with Gasteiger partial charge < -0.3 is 9.73 Å². The molecule has 0 aliphatic rings. The molecular weight excluding hydrogens is 154 g/mol. The number of nitrogens with zero attached hydrogens (tertiary/aromatic N) is 2. The van der Waals surface area contributed by atoms with Crippen LogP contribution < -0.4 is 5.32 Å². The van der Waals surface area contributed by atoms with Crippen LogP contribution >= 0.6 is 0 Å². The van der Waals surface area contributed by atoms with E-state index in [0.717, 1.165) is 13.0 Å². The molecule has 0 aromatic carbocycles. The Morgan fingerprint density at radius 2 is 2.42 bits per heavy atom. The predicted molar refractivity (Wildman–Crippen MR) is 44.7 cm³/mol. The lowest BCUT2D eigenvalue weighted by Crippen LogP contribution is -1.99. The van der Waals surface area contributed by atoms with E-state index >= 15 is 0 Å². The normalized spacial score (nSPS) is 9.42. The number of aryl methyl sites for hydroxylation is 1. The summed E-state index contributed by atoms with van der Waals surface area (Å²) in [5.74, 6) is 1.00. The van der Waals surface area contributed by atoms with Crippen LogP contribution in [0.1, 0.15) is 24.9 Å². The van der Waals surface area contributed by atoms with Gasteiger partial charge in [-0.2, -0.15) is 5.26 Å². The van der Waals surface area contributed by atoms with Crippen molar-refractivity contribution in [2.75, 3.05) is 11.9 Å². The first kappa shape index (κ1) is 8.60. The minimum atomic E-state index is 0.334. The summed E-state index contributed by atoms with van der Waals surface area (Å²) in [6.45, 7) is 4.56. The Kier molecular flexibility index (Phi) is 2.70. The van der Waals surface area contributed by atoms with Crippen molar-refractivity contribution in [1.29, 1.82) is 5.26 Å². The maximum Gasteiger partial charge on any atom is 0.232 e. The first-order valence-corrected chi connectivity index (χ1v) is 3.89. The fraction of sp³-hybridized carbons (Fsp3) is 0.500. The third kappa shape index (κ3) is 1.76. The summed E-state index contributed by atoms with van der Waals surface area (Å²) >= 11 is 0. The molecule has 1 aromatic heterocycles. The van der Waals surface area contributed by atoms with Crippen LogP contribution in [0, 0.1) is 18.3 Å². The van der Waals surface area contributed by atoms with Crippen molar-refractivity contribution in [3.8, 4) is 6.07 Å². The highest BCUT2D eigenvalue weighted by Gasteiger charge is 2.08. The molecule has 0 aliphatic carbocycles. The number of hydrogen-bond acceptors (Lipinski definition) is 4. The lowest BCUT2D eigenvalue weighted by molar-refractivity contribution is 0.532. The van der Waals surface area contributed by atoms with Gasteiger partial charge in [-0.1, -0.05) is 6.92 Å². The van der Waals surface area contributed by atoms with E-state index in [9.17, 15) is 0 Å².